The Morgan fingerprint density at radius 2 is 2.10 bits per heavy atom. The third-order valence-corrected chi connectivity index (χ3v) is 6.18. The van der Waals surface area contributed by atoms with Crippen LogP contribution >= 0.6 is 23.1 Å². The number of nitrogens with one attached hydrogen (secondary N) is 2. The number of thiazole rings is 1. The molecule has 0 bridgehead atoms. The van der Waals surface area contributed by atoms with Crippen LogP contribution in [-0.2, 0) is 14.4 Å². The summed E-state index contributed by atoms with van der Waals surface area (Å²) < 4.78 is 0. The summed E-state index contributed by atoms with van der Waals surface area (Å²) in [6.45, 7) is 2.17. The molecule has 1 aromatic heterocycles. The summed E-state index contributed by atoms with van der Waals surface area (Å²) >= 11 is 2.96. The fraction of sp³-hybridized carbons (Fsp3) is 0.400. The van der Waals surface area contributed by atoms with Crippen LogP contribution in [0.15, 0.2) is 35.7 Å². The summed E-state index contributed by atoms with van der Waals surface area (Å²) in [5.41, 5.74) is 1.61. The summed E-state index contributed by atoms with van der Waals surface area (Å²) in [5, 5.41) is 8.00. The molecule has 0 saturated carbocycles. The average molecular weight is 433 g/mol. The normalized spacial score (nSPS) is 17.2. The van der Waals surface area contributed by atoms with Crippen molar-refractivity contribution in [1.82, 2.24) is 10.3 Å². The van der Waals surface area contributed by atoms with Crippen molar-refractivity contribution in [3.05, 3.63) is 41.4 Å². The lowest BCUT2D eigenvalue weighted by Gasteiger charge is -2.20. The molecular weight excluding hydrogens is 408 g/mol. The first kappa shape index (κ1) is 21.3. The Morgan fingerprint density at radius 3 is 2.76 bits per heavy atom. The van der Waals surface area contributed by atoms with Crippen molar-refractivity contribution in [2.75, 3.05) is 28.8 Å². The molecule has 9 heteroatoms. The van der Waals surface area contributed by atoms with Gasteiger partial charge in [0.05, 0.1) is 11.6 Å². The van der Waals surface area contributed by atoms with Crippen LogP contribution in [0.25, 0.3) is 0 Å². The van der Waals surface area contributed by atoms with Crippen LogP contribution in [0.4, 0.5) is 10.8 Å². The molecule has 154 valence electrons. The maximum Gasteiger partial charge on any atom is 0.248 e. The smallest absolute Gasteiger partial charge is 0.248 e. The molecule has 3 rings (SSSR count). The van der Waals surface area contributed by atoms with E-state index in [0.717, 1.165) is 17.1 Å². The number of nitrogens with zero attached hydrogens (tertiary/aromatic N) is 2. The lowest BCUT2D eigenvalue weighted by molar-refractivity contribution is -0.129. The van der Waals surface area contributed by atoms with Gasteiger partial charge >= 0.3 is 0 Å². The molecule has 1 fully saturated rings. The summed E-state index contributed by atoms with van der Waals surface area (Å²) in [5.74, 6) is -0.386. The van der Waals surface area contributed by atoms with Gasteiger partial charge in [-0.1, -0.05) is 18.2 Å². The zero-order valence-corrected chi connectivity index (χ0v) is 18.0. The van der Waals surface area contributed by atoms with E-state index in [-0.39, 0.29) is 24.1 Å². The zero-order valence-electron chi connectivity index (χ0n) is 16.4. The third kappa shape index (κ3) is 5.57. The minimum atomic E-state index is -0.667. The lowest BCUT2D eigenvalue weighted by atomic mass is 10.1. The second-order valence-corrected chi connectivity index (χ2v) is 8.71. The highest BCUT2D eigenvalue weighted by molar-refractivity contribution is 7.98. The zero-order chi connectivity index (χ0) is 20.8. The van der Waals surface area contributed by atoms with Crippen LogP contribution in [0.3, 0.4) is 0 Å². The molecule has 1 saturated heterocycles. The van der Waals surface area contributed by atoms with Crippen LogP contribution in [0.2, 0.25) is 0 Å². The quantitative estimate of drug-likeness (QED) is 0.669. The predicted octanol–water partition coefficient (Wildman–Crippen LogP) is 2.68. The highest BCUT2D eigenvalue weighted by atomic mass is 32.2. The monoisotopic (exact) mass is 432 g/mol. The summed E-state index contributed by atoms with van der Waals surface area (Å²) in [6, 6.07) is 8.64. The largest absolute Gasteiger partial charge is 0.344 e. The van der Waals surface area contributed by atoms with Crippen molar-refractivity contribution in [3.8, 4) is 0 Å². The van der Waals surface area contributed by atoms with E-state index >= 15 is 0 Å². The van der Waals surface area contributed by atoms with Crippen LogP contribution in [0.1, 0.15) is 18.5 Å². The summed E-state index contributed by atoms with van der Waals surface area (Å²) in [7, 11) is 0. The molecule has 2 aromatic rings. The maximum absolute atomic E-state index is 12.8. The standard InChI is InChI=1S/C20H24N4O3S2/c1-13-12-29-20(21-13)23-19(27)16(8-9-28-2)22-18(26)14-10-17(25)24(11-14)15-6-4-3-5-7-15/h3-7,12,14,16H,8-11H2,1-2H3,(H,22,26)(H,21,23,27)/t14-,16+/m1/s1. The Kier molecular flexibility index (Phi) is 7.27. The number of carbonyl (C=O) groups excluding carboxylic acids is 3. The predicted molar refractivity (Wildman–Crippen MR) is 117 cm³/mol. The van der Waals surface area contributed by atoms with Crippen LogP contribution in [0.5, 0.6) is 0 Å². The molecule has 1 aromatic carbocycles. The third-order valence-electron chi connectivity index (χ3n) is 4.66. The minimum Gasteiger partial charge on any atom is -0.344 e. The van der Waals surface area contributed by atoms with E-state index in [2.05, 4.69) is 15.6 Å². The molecule has 0 unspecified atom stereocenters. The van der Waals surface area contributed by atoms with E-state index in [0.29, 0.717) is 18.1 Å². The SMILES string of the molecule is CSCC[C@H](NC(=O)[C@@H]1CC(=O)N(c2ccccc2)C1)C(=O)Nc1nc(C)cs1. The number of aryl methyl sites for hydroxylation is 1. The first-order valence-electron chi connectivity index (χ1n) is 9.35. The van der Waals surface area contributed by atoms with Gasteiger partial charge in [0, 0.05) is 24.0 Å². The number of hydrogen-bond acceptors (Lipinski definition) is 6. The number of benzene rings is 1. The van der Waals surface area contributed by atoms with Crippen molar-refractivity contribution in [3.63, 3.8) is 0 Å². The van der Waals surface area contributed by atoms with Gasteiger partial charge in [0.15, 0.2) is 5.13 Å². The average Bonchev–Trinajstić information content (AvgIpc) is 3.30. The molecule has 2 N–H and O–H groups in total. The number of thioether (sulfide) groups is 1. The Bertz CT molecular complexity index is 872. The molecule has 29 heavy (non-hydrogen) atoms. The van der Waals surface area contributed by atoms with E-state index in [1.54, 1.807) is 16.7 Å². The van der Waals surface area contributed by atoms with Gasteiger partial charge in [-0.2, -0.15) is 11.8 Å². The lowest BCUT2D eigenvalue weighted by Crippen LogP contribution is -2.46. The second kappa shape index (κ2) is 9.89. The molecule has 0 radical (unpaired) electrons. The minimum absolute atomic E-state index is 0.0836. The number of amides is 3. The molecule has 3 amide bonds. The van der Waals surface area contributed by atoms with E-state index in [9.17, 15) is 14.4 Å². The molecule has 2 atom stereocenters. The Labute approximate surface area is 178 Å². The molecule has 7 nitrogen and oxygen atoms in total. The summed E-state index contributed by atoms with van der Waals surface area (Å²) in [4.78, 5) is 43.7. The van der Waals surface area contributed by atoms with Crippen molar-refractivity contribution < 1.29 is 14.4 Å². The van der Waals surface area contributed by atoms with Gasteiger partial charge in [-0.05, 0) is 37.5 Å². The fourth-order valence-electron chi connectivity index (χ4n) is 3.14. The van der Waals surface area contributed by atoms with E-state index in [1.807, 2.05) is 48.9 Å². The van der Waals surface area contributed by atoms with E-state index in [1.165, 1.54) is 11.3 Å². The Balaban J connectivity index is 1.63. The van der Waals surface area contributed by atoms with Crippen molar-refractivity contribution >= 4 is 51.6 Å². The number of aromatic nitrogens is 1. The fourth-order valence-corrected chi connectivity index (χ4v) is 4.30. The van der Waals surface area contributed by atoms with Crippen molar-refractivity contribution in [1.29, 1.82) is 0 Å². The second-order valence-electron chi connectivity index (χ2n) is 6.87. The van der Waals surface area contributed by atoms with Gasteiger partial charge < -0.3 is 15.5 Å². The summed E-state index contributed by atoms with van der Waals surface area (Å²) in [6.07, 6.45) is 2.60. The molecule has 1 aliphatic rings. The van der Waals surface area contributed by atoms with Gasteiger partial charge in [-0.15, -0.1) is 11.3 Å². The Morgan fingerprint density at radius 1 is 1.34 bits per heavy atom. The van der Waals surface area contributed by atoms with Gasteiger partial charge in [-0.25, -0.2) is 4.98 Å². The number of hydrogen-bond donors (Lipinski definition) is 2. The van der Waals surface area contributed by atoms with E-state index < -0.39 is 12.0 Å². The molecule has 2 heterocycles. The van der Waals surface area contributed by atoms with Crippen LogP contribution in [-0.4, -0.2) is 47.3 Å². The first-order chi connectivity index (χ1) is 14.0. The highest BCUT2D eigenvalue weighted by Crippen LogP contribution is 2.25. The first-order valence-corrected chi connectivity index (χ1v) is 11.6. The molecule has 0 aliphatic carbocycles. The number of anilines is 2. The Hall–Kier alpha value is -2.39. The van der Waals surface area contributed by atoms with Crippen LogP contribution < -0.4 is 15.5 Å². The maximum atomic E-state index is 12.8. The van der Waals surface area contributed by atoms with Gasteiger partial charge in [0.25, 0.3) is 0 Å². The number of para-hydroxylation sites is 1. The van der Waals surface area contributed by atoms with Crippen molar-refractivity contribution in [2.45, 2.75) is 25.8 Å². The molecular formula is C20H24N4O3S2. The van der Waals surface area contributed by atoms with E-state index in [4.69, 9.17) is 0 Å². The topological polar surface area (TPSA) is 91.4 Å². The number of rotatable bonds is 8. The van der Waals surface area contributed by atoms with Crippen LogP contribution in [0, 0.1) is 12.8 Å². The van der Waals surface area contributed by atoms with Gasteiger partial charge in [0.2, 0.25) is 17.7 Å². The van der Waals surface area contributed by atoms with Gasteiger partial charge in [0.1, 0.15) is 6.04 Å². The molecule has 0 spiro atoms. The molecule has 1 aliphatic heterocycles. The highest BCUT2D eigenvalue weighted by Gasteiger charge is 2.36. The van der Waals surface area contributed by atoms with Gasteiger partial charge in [-0.3, -0.25) is 14.4 Å². The number of carbonyl (C=O) groups is 3. The van der Waals surface area contributed by atoms with Crippen molar-refractivity contribution in [2.24, 2.45) is 5.92 Å².